The highest BCUT2D eigenvalue weighted by molar-refractivity contribution is 7.80. The van der Waals surface area contributed by atoms with E-state index in [0.717, 1.165) is 12.8 Å². The molecule has 0 bridgehead atoms. The number of hydrogen-bond acceptors (Lipinski definition) is 4. The molecule has 2 N–H and O–H groups in total. The number of nitrogens with two attached hydrogens (primary N) is 1. The lowest BCUT2D eigenvalue weighted by Crippen LogP contribution is -2.34. The second-order valence-corrected chi connectivity index (χ2v) is 6.21. The molecule has 0 aromatic carbocycles. The van der Waals surface area contributed by atoms with Crippen LogP contribution in [0, 0.1) is 0 Å². The Hall–Kier alpha value is -0.220. The molecule has 0 saturated heterocycles. The predicted octanol–water partition coefficient (Wildman–Crippen LogP) is 4.49. The van der Waals surface area contributed by atoms with Crippen molar-refractivity contribution in [2.45, 2.75) is 90.0 Å². The summed E-state index contributed by atoms with van der Waals surface area (Å²) in [6.07, 6.45) is 15.7. The summed E-state index contributed by atoms with van der Waals surface area (Å²) in [6.45, 7) is 2.76. The van der Waals surface area contributed by atoms with Crippen LogP contribution in [0.4, 0.5) is 0 Å². The first-order chi connectivity index (χ1) is 10.2. The topological polar surface area (TPSA) is 52.3 Å². The van der Waals surface area contributed by atoms with Gasteiger partial charge in [-0.3, -0.25) is 4.79 Å². The fourth-order valence-corrected chi connectivity index (χ4v) is 2.45. The van der Waals surface area contributed by atoms with Crippen molar-refractivity contribution in [3.63, 3.8) is 0 Å². The minimum Gasteiger partial charge on any atom is -0.465 e. The van der Waals surface area contributed by atoms with Gasteiger partial charge in [0, 0.05) is 5.75 Å². The lowest BCUT2D eigenvalue weighted by Gasteiger charge is -2.08. The Bertz CT molecular complexity index is 237. The highest BCUT2D eigenvalue weighted by Gasteiger charge is 2.11. The zero-order chi connectivity index (χ0) is 15.8. The van der Waals surface area contributed by atoms with Crippen molar-refractivity contribution in [2.24, 2.45) is 5.73 Å². The molecule has 0 fully saturated rings. The Labute approximate surface area is 136 Å². The summed E-state index contributed by atoms with van der Waals surface area (Å²) in [5.74, 6) is 0.0187. The molecule has 126 valence electrons. The molecule has 0 radical (unpaired) electrons. The molecule has 0 aliphatic rings. The quantitative estimate of drug-likeness (QED) is 0.266. The van der Waals surface area contributed by atoms with Crippen LogP contribution in [0.3, 0.4) is 0 Å². The van der Waals surface area contributed by atoms with Gasteiger partial charge in [0.1, 0.15) is 6.04 Å². The molecule has 0 unspecified atom stereocenters. The van der Waals surface area contributed by atoms with Gasteiger partial charge in [-0.05, 0) is 6.42 Å². The first kappa shape index (κ1) is 20.8. The molecule has 21 heavy (non-hydrogen) atoms. The van der Waals surface area contributed by atoms with Crippen LogP contribution in [0.15, 0.2) is 0 Å². The van der Waals surface area contributed by atoms with Crippen LogP contribution >= 0.6 is 12.6 Å². The van der Waals surface area contributed by atoms with Crippen molar-refractivity contribution >= 4 is 18.6 Å². The molecular formula is C17H35NO2S. The second-order valence-electron chi connectivity index (χ2n) is 5.85. The first-order valence-corrected chi connectivity index (χ1v) is 9.38. The fourth-order valence-electron chi connectivity index (χ4n) is 2.30. The van der Waals surface area contributed by atoms with Crippen LogP contribution in [0.1, 0.15) is 84.0 Å². The average molecular weight is 318 g/mol. The second kappa shape index (κ2) is 16.2. The van der Waals surface area contributed by atoms with Crippen LogP contribution in [0.25, 0.3) is 0 Å². The van der Waals surface area contributed by atoms with E-state index in [9.17, 15) is 4.79 Å². The molecule has 0 amide bonds. The van der Waals surface area contributed by atoms with Gasteiger partial charge in [0.05, 0.1) is 6.61 Å². The monoisotopic (exact) mass is 317 g/mol. The molecule has 1 atom stereocenters. The molecule has 0 aromatic rings. The fraction of sp³-hybridized carbons (Fsp3) is 0.941. The van der Waals surface area contributed by atoms with E-state index >= 15 is 0 Å². The lowest BCUT2D eigenvalue weighted by atomic mass is 10.1. The Kier molecular flexibility index (Phi) is 16.0. The van der Waals surface area contributed by atoms with Crippen molar-refractivity contribution in [1.29, 1.82) is 0 Å². The first-order valence-electron chi connectivity index (χ1n) is 8.75. The van der Waals surface area contributed by atoms with Crippen molar-refractivity contribution in [3.05, 3.63) is 0 Å². The number of ether oxygens (including phenoxy) is 1. The maximum absolute atomic E-state index is 11.3. The number of unbranched alkanes of at least 4 members (excludes halogenated alkanes) is 11. The molecule has 0 rings (SSSR count). The largest absolute Gasteiger partial charge is 0.465 e. The van der Waals surface area contributed by atoms with Gasteiger partial charge in [-0.2, -0.15) is 12.6 Å². The average Bonchev–Trinajstić information content (AvgIpc) is 2.50. The number of hydrogen-bond donors (Lipinski definition) is 2. The minimum atomic E-state index is -0.578. The van der Waals surface area contributed by atoms with Crippen molar-refractivity contribution in [1.82, 2.24) is 0 Å². The summed E-state index contributed by atoms with van der Waals surface area (Å²) >= 11 is 3.97. The lowest BCUT2D eigenvalue weighted by molar-refractivity contribution is -0.144. The molecule has 3 nitrogen and oxygen atoms in total. The van der Waals surface area contributed by atoms with Crippen molar-refractivity contribution < 1.29 is 9.53 Å². The molecule has 0 aliphatic carbocycles. The highest BCUT2D eigenvalue weighted by Crippen LogP contribution is 2.11. The third-order valence-corrected chi connectivity index (χ3v) is 4.14. The van der Waals surface area contributed by atoms with Crippen LogP contribution < -0.4 is 5.73 Å². The van der Waals surface area contributed by atoms with Gasteiger partial charge >= 0.3 is 5.97 Å². The minimum absolute atomic E-state index is 0.326. The van der Waals surface area contributed by atoms with E-state index in [1.807, 2.05) is 0 Å². The molecule has 0 aromatic heterocycles. The van der Waals surface area contributed by atoms with Gasteiger partial charge in [-0.25, -0.2) is 0 Å². The summed E-state index contributed by atoms with van der Waals surface area (Å²) < 4.78 is 5.07. The summed E-state index contributed by atoms with van der Waals surface area (Å²) in [5, 5.41) is 0. The summed E-state index contributed by atoms with van der Waals surface area (Å²) in [4.78, 5) is 11.3. The Morgan fingerprint density at radius 3 is 1.76 bits per heavy atom. The third kappa shape index (κ3) is 14.5. The van der Waals surface area contributed by atoms with E-state index in [1.54, 1.807) is 0 Å². The molecule has 0 heterocycles. The third-order valence-electron chi connectivity index (χ3n) is 3.74. The van der Waals surface area contributed by atoms with E-state index in [4.69, 9.17) is 10.5 Å². The van der Waals surface area contributed by atoms with E-state index in [2.05, 4.69) is 19.6 Å². The maximum Gasteiger partial charge on any atom is 0.323 e. The van der Waals surface area contributed by atoms with Crippen molar-refractivity contribution in [2.75, 3.05) is 12.4 Å². The number of carbonyl (C=O) groups is 1. The smallest absolute Gasteiger partial charge is 0.323 e. The predicted molar refractivity (Wildman–Crippen MR) is 93.9 cm³/mol. The Morgan fingerprint density at radius 1 is 0.905 bits per heavy atom. The molecule has 0 saturated carbocycles. The maximum atomic E-state index is 11.3. The molecular weight excluding hydrogens is 282 g/mol. The van der Waals surface area contributed by atoms with E-state index in [-0.39, 0.29) is 5.97 Å². The Morgan fingerprint density at radius 2 is 1.33 bits per heavy atom. The van der Waals surface area contributed by atoms with Crippen LogP contribution in [0.5, 0.6) is 0 Å². The van der Waals surface area contributed by atoms with E-state index < -0.39 is 6.04 Å². The molecule has 0 spiro atoms. The normalized spacial score (nSPS) is 12.3. The van der Waals surface area contributed by atoms with Gasteiger partial charge < -0.3 is 10.5 Å². The van der Waals surface area contributed by atoms with Crippen LogP contribution in [-0.2, 0) is 9.53 Å². The standard InChI is InChI=1S/C17H35NO2S/c1-2-3-4-5-6-7-8-9-10-11-12-13-14-20-17(19)16(18)15-21/h16,21H,2-15,18H2,1H3/t16-/m0/s1. The summed E-state index contributed by atoms with van der Waals surface area (Å²) in [6, 6.07) is -0.578. The zero-order valence-corrected chi connectivity index (χ0v) is 14.7. The van der Waals surface area contributed by atoms with Gasteiger partial charge in [0.2, 0.25) is 0 Å². The number of thiol groups is 1. The highest BCUT2D eigenvalue weighted by atomic mass is 32.1. The van der Waals surface area contributed by atoms with Gasteiger partial charge in [0.15, 0.2) is 0 Å². The summed E-state index contributed by atoms with van der Waals surface area (Å²) in [5.41, 5.74) is 5.51. The van der Waals surface area contributed by atoms with E-state index in [0.29, 0.717) is 12.4 Å². The van der Waals surface area contributed by atoms with Crippen molar-refractivity contribution in [3.8, 4) is 0 Å². The number of carbonyl (C=O) groups excluding carboxylic acids is 1. The SMILES string of the molecule is CCCCCCCCCCCCCCOC(=O)[C@@H](N)CS. The summed E-state index contributed by atoms with van der Waals surface area (Å²) in [7, 11) is 0. The molecule has 4 heteroatoms. The Balaban J connectivity index is 3.11. The van der Waals surface area contributed by atoms with Gasteiger partial charge in [0.25, 0.3) is 0 Å². The van der Waals surface area contributed by atoms with Gasteiger partial charge in [-0.1, -0.05) is 77.6 Å². The van der Waals surface area contributed by atoms with E-state index in [1.165, 1.54) is 64.2 Å². The van der Waals surface area contributed by atoms with Crippen LogP contribution in [-0.4, -0.2) is 24.4 Å². The molecule has 0 aliphatic heterocycles. The number of esters is 1. The van der Waals surface area contributed by atoms with Crippen LogP contribution in [0.2, 0.25) is 0 Å². The number of rotatable bonds is 15. The zero-order valence-electron chi connectivity index (χ0n) is 13.8. The van der Waals surface area contributed by atoms with Gasteiger partial charge in [-0.15, -0.1) is 0 Å².